The van der Waals surface area contributed by atoms with Crippen molar-refractivity contribution in [3.63, 3.8) is 0 Å². The van der Waals surface area contributed by atoms with Gasteiger partial charge in [0.25, 0.3) is 0 Å². The van der Waals surface area contributed by atoms with E-state index in [-0.39, 0.29) is 23.8 Å². The lowest BCUT2D eigenvalue weighted by Gasteiger charge is -2.36. The molecule has 1 aromatic heterocycles. The van der Waals surface area contributed by atoms with E-state index >= 15 is 0 Å². The molecule has 2 aliphatic heterocycles. The Morgan fingerprint density at radius 2 is 1.95 bits per heavy atom. The lowest BCUT2D eigenvalue weighted by Crippen LogP contribution is -2.46. The van der Waals surface area contributed by atoms with Crippen LogP contribution in [0.25, 0.3) is 11.0 Å². The number of rotatable bonds is 9. The third kappa shape index (κ3) is 5.87. The van der Waals surface area contributed by atoms with Gasteiger partial charge in [0.2, 0.25) is 0 Å². The molecule has 4 aromatic rings. The molecule has 2 fully saturated rings. The molecule has 2 aliphatic rings. The highest BCUT2D eigenvalue weighted by atomic mass is 19.1. The molecule has 0 amide bonds. The molecule has 1 N–H and O–H groups in total. The van der Waals surface area contributed by atoms with Gasteiger partial charge >= 0.3 is 5.97 Å². The minimum Gasteiger partial charge on any atom is -0.489 e. The average molecular weight is 556 g/mol. The zero-order valence-corrected chi connectivity index (χ0v) is 22.5. The minimum absolute atomic E-state index is 0.0790. The molecule has 3 aromatic carbocycles. The van der Waals surface area contributed by atoms with Gasteiger partial charge in [-0.15, -0.1) is 0 Å². The van der Waals surface area contributed by atoms with Crippen LogP contribution in [0.1, 0.15) is 33.7 Å². The van der Waals surface area contributed by atoms with E-state index in [0.29, 0.717) is 24.4 Å². The Morgan fingerprint density at radius 1 is 1.12 bits per heavy atom. The standard InChI is InChI=1S/C31H30FN5O4/c32-27-14-21(17-33)4-5-23(27)20-41-25-3-1-2-24(16-25)36-11-9-35(10-12-36)19-30-34-28-7-6-22(31(38)39)15-29(28)37(30)18-26-8-13-40-26/h1-7,14-16,26H,8-13,18-20H2,(H,38,39)/t26-/m0/s1. The number of nitrogens with zero attached hydrogens (tertiary/aromatic N) is 5. The predicted octanol–water partition coefficient (Wildman–Crippen LogP) is 4.44. The maximum absolute atomic E-state index is 14.2. The highest BCUT2D eigenvalue weighted by Crippen LogP contribution is 2.26. The number of anilines is 1. The van der Waals surface area contributed by atoms with Gasteiger partial charge in [0.05, 0.1) is 47.4 Å². The molecule has 0 unspecified atom stereocenters. The summed E-state index contributed by atoms with van der Waals surface area (Å²) in [6.07, 6.45) is 1.11. The van der Waals surface area contributed by atoms with Crippen molar-refractivity contribution < 1.29 is 23.8 Å². The Morgan fingerprint density at radius 3 is 2.66 bits per heavy atom. The summed E-state index contributed by atoms with van der Waals surface area (Å²) in [5, 5.41) is 18.4. The van der Waals surface area contributed by atoms with Gasteiger partial charge in [-0.05, 0) is 48.9 Å². The summed E-state index contributed by atoms with van der Waals surface area (Å²) in [6.45, 7) is 5.48. The molecule has 41 heavy (non-hydrogen) atoms. The number of piperazine rings is 1. The molecular weight excluding hydrogens is 525 g/mol. The number of hydrogen-bond acceptors (Lipinski definition) is 7. The number of fused-ring (bicyclic) bond motifs is 1. The Bertz CT molecular complexity index is 1620. The van der Waals surface area contributed by atoms with E-state index < -0.39 is 11.8 Å². The zero-order chi connectivity index (χ0) is 28.3. The van der Waals surface area contributed by atoms with Gasteiger partial charge in [0.1, 0.15) is 24.0 Å². The van der Waals surface area contributed by atoms with Crippen LogP contribution in [-0.2, 0) is 24.4 Å². The molecule has 1 atom stereocenters. The largest absolute Gasteiger partial charge is 0.489 e. The normalized spacial score (nSPS) is 17.3. The monoisotopic (exact) mass is 555 g/mol. The van der Waals surface area contributed by atoms with Crippen molar-refractivity contribution in [3.8, 4) is 11.8 Å². The number of imidazole rings is 1. The molecule has 2 saturated heterocycles. The fourth-order valence-electron chi connectivity index (χ4n) is 5.29. The van der Waals surface area contributed by atoms with Crippen LogP contribution in [0.4, 0.5) is 10.1 Å². The molecule has 0 radical (unpaired) electrons. The van der Waals surface area contributed by atoms with Crippen molar-refractivity contribution in [1.29, 1.82) is 5.26 Å². The molecule has 210 valence electrons. The highest BCUT2D eigenvalue weighted by Gasteiger charge is 2.25. The first-order valence-corrected chi connectivity index (χ1v) is 13.7. The number of carbonyl (C=O) groups is 1. The van der Waals surface area contributed by atoms with Crippen molar-refractivity contribution in [2.75, 3.05) is 37.7 Å². The van der Waals surface area contributed by atoms with E-state index in [2.05, 4.69) is 14.4 Å². The summed E-state index contributed by atoms with van der Waals surface area (Å²) >= 11 is 0. The summed E-state index contributed by atoms with van der Waals surface area (Å²) in [5.41, 5.74) is 3.59. The number of nitriles is 1. The van der Waals surface area contributed by atoms with Gasteiger partial charge in [-0.2, -0.15) is 5.26 Å². The summed E-state index contributed by atoms with van der Waals surface area (Å²) < 4.78 is 27.9. The Balaban J connectivity index is 1.10. The number of aromatic nitrogens is 2. The van der Waals surface area contributed by atoms with Crippen molar-refractivity contribution in [3.05, 3.63) is 89.0 Å². The summed E-state index contributed by atoms with van der Waals surface area (Å²) in [6, 6.07) is 19.2. The second-order valence-electron chi connectivity index (χ2n) is 10.4. The maximum Gasteiger partial charge on any atom is 0.335 e. The van der Waals surface area contributed by atoms with E-state index in [4.69, 9.17) is 19.7 Å². The molecule has 6 rings (SSSR count). The van der Waals surface area contributed by atoms with E-state index in [1.807, 2.05) is 30.3 Å². The SMILES string of the molecule is N#Cc1ccc(COc2cccc(N3CCN(Cc4nc5ccc(C(=O)O)cc5n4C[C@@H]4CCO4)CC3)c2)c(F)c1. The molecule has 3 heterocycles. The fraction of sp³-hybridized carbons (Fsp3) is 0.323. The van der Waals surface area contributed by atoms with Crippen molar-refractivity contribution in [1.82, 2.24) is 14.5 Å². The maximum atomic E-state index is 14.2. The smallest absolute Gasteiger partial charge is 0.335 e. The average Bonchev–Trinajstić information content (AvgIpc) is 3.30. The second kappa shape index (κ2) is 11.6. The van der Waals surface area contributed by atoms with Gasteiger partial charge in [-0.3, -0.25) is 4.90 Å². The molecular formula is C31H30FN5O4. The highest BCUT2D eigenvalue weighted by molar-refractivity contribution is 5.92. The molecule has 0 spiro atoms. The van der Waals surface area contributed by atoms with Crippen molar-refractivity contribution in [2.45, 2.75) is 32.2 Å². The van der Waals surface area contributed by atoms with Crippen LogP contribution in [-0.4, -0.2) is 64.4 Å². The number of halogens is 1. The first-order valence-electron chi connectivity index (χ1n) is 13.7. The number of carboxylic acid groups (broad SMARTS) is 1. The van der Waals surface area contributed by atoms with Crippen molar-refractivity contribution in [2.24, 2.45) is 0 Å². The third-order valence-electron chi connectivity index (χ3n) is 7.75. The Kier molecular flexibility index (Phi) is 7.55. The van der Waals surface area contributed by atoms with Crippen LogP contribution in [0.15, 0.2) is 60.7 Å². The summed E-state index contributed by atoms with van der Waals surface area (Å²) in [4.78, 5) is 21.1. The molecule has 0 bridgehead atoms. The number of benzene rings is 3. The van der Waals surface area contributed by atoms with Gasteiger partial charge in [0, 0.05) is 50.1 Å². The number of carboxylic acids is 1. The molecule has 9 nitrogen and oxygen atoms in total. The van der Waals surface area contributed by atoms with Crippen molar-refractivity contribution >= 4 is 22.7 Å². The summed E-state index contributed by atoms with van der Waals surface area (Å²) in [7, 11) is 0. The number of hydrogen-bond donors (Lipinski definition) is 1. The second-order valence-corrected chi connectivity index (χ2v) is 10.4. The first kappa shape index (κ1) is 26.7. The van der Waals surface area contributed by atoms with Gasteiger partial charge in [-0.25, -0.2) is 14.2 Å². The van der Waals surface area contributed by atoms with E-state index in [0.717, 1.165) is 61.8 Å². The lowest BCUT2D eigenvalue weighted by atomic mass is 10.1. The molecule has 10 heteroatoms. The van der Waals surface area contributed by atoms with Gasteiger partial charge in [-0.1, -0.05) is 12.1 Å². The number of ether oxygens (including phenoxy) is 2. The Hall–Kier alpha value is -4.46. The topological polar surface area (TPSA) is 104 Å². The third-order valence-corrected chi connectivity index (χ3v) is 7.75. The quantitative estimate of drug-likeness (QED) is 0.324. The predicted molar refractivity (Wildman–Crippen MR) is 150 cm³/mol. The molecule has 0 aliphatic carbocycles. The lowest BCUT2D eigenvalue weighted by molar-refractivity contribution is -0.0592. The van der Waals surface area contributed by atoms with Crippen LogP contribution >= 0.6 is 0 Å². The van der Waals surface area contributed by atoms with Crippen LogP contribution in [0.2, 0.25) is 0 Å². The zero-order valence-electron chi connectivity index (χ0n) is 22.5. The van der Waals surface area contributed by atoms with Crippen LogP contribution in [0.3, 0.4) is 0 Å². The van der Waals surface area contributed by atoms with Gasteiger partial charge < -0.3 is 24.0 Å². The molecule has 0 saturated carbocycles. The summed E-state index contributed by atoms with van der Waals surface area (Å²) in [5.74, 6) is 0.166. The van der Waals surface area contributed by atoms with E-state index in [1.165, 1.54) is 6.07 Å². The van der Waals surface area contributed by atoms with E-state index in [1.54, 1.807) is 30.3 Å². The first-order chi connectivity index (χ1) is 20.0. The van der Waals surface area contributed by atoms with Crippen LogP contribution in [0, 0.1) is 17.1 Å². The van der Waals surface area contributed by atoms with E-state index in [9.17, 15) is 14.3 Å². The fourth-order valence-corrected chi connectivity index (χ4v) is 5.29. The minimum atomic E-state index is -0.951. The Labute approximate surface area is 236 Å². The van der Waals surface area contributed by atoms with Gasteiger partial charge in [0.15, 0.2) is 0 Å². The number of aromatic carboxylic acids is 1. The van der Waals surface area contributed by atoms with Crippen LogP contribution < -0.4 is 9.64 Å². The van der Waals surface area contributed by atoms with Crippen LogP contribution in [0.5, 0.6) is 5.75 Å².